The van der Waals surface area contributed by atoms with Crippen molar-refractivity contribution < 1.29 is 13.2 Å². The Kier molecular flexibility index (Phi) is 4.52. The summed E-state index contributed by atoms with van der Waals surface area (Å²) in [6.45, 7) is 1.78. The molecule has 0 spiro atoms. The number of carbonyl (C=O) groups is 1. The third-order valence-corrected chi connectivity index (χ3v) is 4.72. The Balaban J connectivity index is 2.14. The third-order valence-electron chi connectivity index (χ3n) is 3.80. The fraction of sp³-hybridized carbons (Fsp3) is 0.111. The Bertz CT molecular complexity index is 1010. The second kappa shape index (κ2) is 6.62. The molecule has 0 radical (unpaired) electrons. The highest BCUT2D eigenvalue weighted by Crippen LogP contribution is 2.25. The van der Waals surface area contributed by atoms with Crippen molar-refractivity contribution in [2.24, 2.45) is 5.14 Å². The SMILES string of the molecule is CCC(=O)c1cc(-c2ccc(S(N)(=O)=O)cc2)n(-c2ccccc2)n1. The molecular formula is C18H17N3O3S. The highest BCUT2D eigenvalue weighted by Gasteiger charge is 2.16. The van der Waals surface area contributed by atoms with E-state index in [0.717, 1.165) is 11.3 Å². The fourth-order valence-corrected chi connectivity index (χ4v) is 3.00. The second-order valence-electron chi connectivity index (χ2n) is 5.51. The van der Waals surface area contributed by atoms with Crippen LogP contribution in [0.4, 0.5) is 0 Å². The smallest absolute Gasteiger partial charge is 0.238 e. The lowest BCUT2D eigenvalue weighted by Gasteiger charge is -2.08. The molecular weight excluding hydrogens is 338 g/mol. The monoisotopic (exact) mass is 355 g/mol. The van der Waals surface area contributed by atoms with Gasteiger partial charge in [-0.15, -0.1) is 0 Å². The lowest BCUT2D eigenvalue weighted by molar-refractivity contribution is 0.0983. The Morgan fingerprint density at radius 1 is 1.08 bits per heavy atom. The molecule has 0 amide bonds. The molecule has 2 N–H and O–H groups in total. The number of hydrogen-bond donors (Lipinski definition) is 1. The number of primary sulfonamides is 1. The van der Waals surface area contributed by atoms with Gasteiger partial charge in [-0.2, -0.15) is 5.10 Å². The Hall–Kier alpha value is -2.77. The number of nitrogens with two attached hydrogens (primary N) is 1. The summed E-state index contributed by atoms with van der Waals surface area (Å²) >= 11 is 0. The van der Waals surface area contributed by atoms with Crippen LogP contribution in [0.15, 0.2) is 65.6 Å². The van der Waals surface area contributed by atoms with Crippen molar-refractivity contribution in [1.82, 2.24) is 9.78 Å². The topological polar surface area (TPSA) is 95.0 Å². The van der Waals surface area contributed by atoms with Gasteiger partial charge in [0.25, 0.3) is 0 Å². The quantitative estimate of drug-likeness (QED) is 0.712. The van der Waals surface area contributed by atoms with Gasteiger partial charge in [0, 0.05) is 12.0 Å². The first kappa shape index (κ1) is 17.1. The maximum absolute atomic E-state index is 12.1. The average molecular weight is 355 g/mol. The van der Waals surface area contributed by atoms with Crippen LogP contribution >= 0.6 is 0 Å². The van der Waals surface area contributed by atoms with E-state index in [-0.39, 0.29) is 10.7 Å². The minimum Gasteiger partial charge on any atom is -0.292 e. The van der Waals surface area contributed by atoms with Gasteiger partial charge in [0.15, 0.2) is 5.78 Å². The molecule has 0 saturated carbocycles. The van der Waals surface area contributed by atoms with Gasteiger partial charge in [0.2, 0.25) is 10.0 Å². The van der Waals surface area contributed by atoms with Crippen LogP contribution in [0.25, 0.3) is 16.9 Å². The molecule has 3 rings (SSSR count). The van der Waals surface area contributed by atoms with Gasteiger partial charge in [-0.05, 0) is 30.3 Å². The molecule has 25 heavy (non-hydrogen) atoms. The van der Waals surface area contributed by atoms with Crippen molar-refractivity contribution in [3.05, 3.63) is 66.4 Å². The van der Waals surface area contributed by atoms with E-state index in [1.54, 1.807) is 29.8 Å². The fourth-order valence-electron chi connectivity index (χ4n) is 2.49. The normalized spacial score (nSPS) is 11.4. The van der Waals surface area contributed by atoms with Crippen LogP contribution < -0.4 is 5.14 Å². The van der Waals surface area contributed by atoms with Gasteiger partial charge in [0.1, 0.15) is 5.69 Å². The van der Waals surface area contributed by atoms with E-state index in [2.05, 4.69) is 5.10 Å². The standard InChI is InChI=1S/C18H17N3O3S/c1-2-18(22)16-12-17(21(20-16)14-6-4-3-5-7-14)13-8-10-15(11-9-13)25(19,23)24/h3-12H,2H2,1H3,(H2,19,23,24). The molecule has 3 aromatic rings. The lowest BCUT2D eigenvalue weighted by Crippen LogP contribution is -2.11. The molecule has 0 aliphatic heterocycles. The molecule has 0 aliphatic rings. The average Bonchev–Trinajstić information content (AvgIpc) is 3.06. The highest BCUT2D eigenvalue weighted by atomic mass is 32.2. The molecule has 1 aromatic heterocycles. The Morgan fingerprint density at radius 3 is 2.28 bits per heavy atom. The minimum absolute atomic E-state index is 0.0342. The van der Waals surface area contributed by atoms with Gasteiger partial charge >= 0.3 is 0 Å². The first-order chi connectivity index (χ1) is 11.9. The number of benzene rings is 2. The molecule has 0 bridgehead atoms. The summed E-state index contributed by atoms with van der Waals surface area (Å²) in [5.74, 6) is -0.0583. The highest BCUT2D eigenvalue weighted by molar-refractivity contribution is 7.89. The summed E-state index contributed by atoms with van der Waals surface area (Å²) in [7, 11) is -3.75. The van der Waals surface area contributed by atoms with Crippen LogP contribution in [-0.4, -0.2) is 24.0 Å². The van der Waals surface area contributed by atoms with Crippen LogP contribution in [0.2, 0.25) is 0 Å². The first-order valence-corrected chi connectivity index (χ1v) is 9.26. The maximum atomic E-state index is 12.1. The van der Waals surface area contributed by atoms with E-state index in [0.29, 0.717) is 17.8 Å². The molecule has 128 valence electrons. The number of rotatable bonds is 5. The number of aromatic nitrogens is 2. The predicted octanol–water partition coefficient (Wildman–Crippen LogP) is 2.78. The summed E-state index contributed by atoms with van der Waals surface area (Å²) < 4.78 is 24.5. The van der Waals surface area contributed by atoms with Crippen molar-refractivity contribution in [3.63, 3.8) is 0 Å². The minimum atomic E-state index is -3.75. The van der Waals surface area contributed by atoms with Crippen molar-refractivity contribution in [2.45, 2.75) is 18.2 Å². The Labute approximate surface area is 146 Å². The summed E-state index contributed by atoms with van der Waals surface area (Å²) in [5.41, 5.74) is 2.61. The number of ketones is 1. The van der Waals surface area contributed by atoms with E-state index in [1.165, 1.54) is 12.1 Å². The molecule has 0 fully saturated rings. The first-order valence-electron chi connectivity index (χ1n) is 7.72. The number of Topliss-reactive ketones (excluding diaryl/α,β-unsaturated/α-hetero) is 1. The number of para-hydroxylation sites is 1. The zero-order valence-corrected chi connectivity index (χ0v) is 14.4. The lowest BCUT2D eigenvalue weighted by atomic mass is 10.1. The van der Waals surface area contributed by atoms with Crippen LogP contribution in [0.3, 0.4) is 0 Å². The number of hydrogen-bond acceptors (Lipinski definition) is 4. The van der Waals surface area contributed by atoms with Crippen molar-refractivity contribution in [3.8, 4) is 16.9 Å². The molecule has 2 aromatic carbocycles. The summed E-state index contributed by atoms with van der Waals surface area (Å²) in [4.78, 5) is 12.1. The maximum Gasteiger partial charge on any atom is 0.238 e. The Morgan fingerprint density at radius 2 is 1.72 bits per heavy atom. The molecule has 6 nitrogen and oxygen atoms in total. The summed E-state index contributed by atoms with van der Waals surface area (Å²) in [6.07, 6.45) is 0.357. The van der Waals surface area contributed by atoms with Crippen molar-refractivity contribution in [1.29, 1.82) is 0 Å². The van der Waals surface area contributed by atoms with Gasteiger partial charge in [0.05, 0.1) is 16.3 Å². The second-order valence-corrected chi connectivity index (χ2v) is 7.07. The summed E-state index contributed by atoms with van der Waals surface area (Å²) in [5, 5.41) is 9.56. The van der Waals surface area contributed by atoms with Crippen molar-refractivity contribution in [2.75, 3.05) is 0 Å². The molecule has 7 heteroatoms. The molecule has 0 atom stereocenters. The molecule has 0 saturated heterocycles. The number of carbonyl (C=O) groups excluding carboxylic acids is 1. The molecule has 0 unspecified atom stereocenters. The largest absolute Gasteiger partial charge is 0.292 e. The van der Waals surface area contributed by atoms with Gasteiger partial charge in [-0.1, -0.05) is 37.3 Å². The molecule has 1 heterocycles. The van der Waals surface area contributed by atoms with Crippen LogP contribution in [0.5, 0.6) is 0 Å². The predicted molar refractivity (Wildman–Crippen MR) is 95.0 cm³/mol. The van der Waals surface area contributed by atoms with E-state index < -0.39 is 10.0 Å². The number of sulfonamides is 1. The van der Waals surface area contributed by atoms with Crippen LogP contribution in [-0.2, 0) is 10.0 Å². The van der Waals surface area contributed by atoms with E-state index in [9.17, 15) is 13.2 Å². The van der Waals surface area contributed by atoms with Gasteiger partial charge < -0.3 is 0 Å². The van der Waals surface area contributed by atoms with Gasteiger partial charge in [-0.25, -0.2) is 18.2 Å². The van der Waals surface area contributed by atoms with E-state index >= 15 is 0 Å². The zero-order chi connectivity index (χ0) is 18.0. The third kappa shape index (κ3) is 3.52. The van der Waals surface area contributed by atoms with Crippen LogP contribution in [0, 0.1) is 0 Å². The number of nitrogens with zero attached hydrogens (tertiary/aromatic N) is 2. The van der Waals surface area contributed by atoms with Crippen molar-refractivity contribution >= 4 is 15.8 Å². The summed E-state index contributed by atoms with van der Waals surface area (Å²) in [6, 6.07) is 17.3. The van der Waals surface area contributed by atoms with Gasteiger partial charge in [-0.3, -0.25) is 4.79 Å². The molecule has 0 aliphatic carbocycles. The van der Waals surface area contributed by atoms with E-state index in [4.69, 9.17) is 5.14 Å². The van der Waals surface area contributed by atoms with E-state index in [1.807, 2.05) is 30.3 Å². The van der Waals surface area contributed by atoms with Crippen LogP contribution in [0.1, 0.15) is 23.8 Å². The zero-order valence-electron chi connectivity index (χ0n) is 13.6.